The minimum Gasteiger partial charge on any atom is -0.455 e. The van der Waals surface area contributed by atoms with Gasteiger partial charge in [0.25, 0.3) is 0 Å². The zero-order valence-electron chi connectivity index (χ0n) is 30.7. The maximum absolute atomic E-state index is 6.76. The van der Waals surface area contributed by atoms with Crippen LogP contribution in [0.2, 0.25) is 0 Å². The molecule has 9 aromatic rings. The molecular formula is C51H34N4OS. The summed E-state index contributed by atoms with van der Waals surface area (Å²) >= 11 is 1.86. The van der Waals surface area contributed by atoms with Gasteiger partial charge < -0.3 is 14.6 Å². The fourth-order valence-electron chi connectivity index (χ4n) is 9.02. The first kappa shape index (κ1) is 32.2. The van der Waals surface area contributed by atoms with Crippen molar-refractivity contribution in [3.05, 3.63) is 204 Å². The third-order valence-electron chi connectivity index (χ3n) is 11.7. The lowest BCUT2D eigenvalue weighted by molar-refractivity contribution is 0.664. The van der Waals surface area contributed by atoms with Gasteiger partial charge in [0.15, 0.2) is 5.84 Å². The van der Waals surface area contributed by atoms with Gasteiger partial charge >= 0.3 is 0 Å². The van der Waals surface area contributed by atoms with E-state index < -0.39 is 0 Å². The standard InChI is InChI=1S/C51H34N4OS/c1-3-13-31(14-4-1)49-52-50(32-15-5-2-6-16-32)54-51(53-49)33-25-27-45-41(29-33)38-20-11-19-37(47(38)56-45)39-21-12-22-40-42-30-34(26-28-46(42)57-48(39)40)55-43-23-9-7-17-35(43)36-18-8-10-24-44(36)55/h1-30,35,43,51H,(H,52,53,54). The molecule has 5 nitrogen and oxygen atoms in total. The maximum Gasteiger partial charge on any atom is 0.159 e. The Bertz CT molecular complexity index is 3190. The number of para-hydroxylation sites is 2. The predicted octanol–water partition coefficient (Wildman–Crippen LogP) is 12.8. The topological polar surface area (TPSA) is 53.1 Å². The molecule has 3 aliphatic rings. The average Bonchev–Trinajstić information content (AvgIpc) is 3.96. The molecule has 0 radical (unpaired) electrons. The van der Waals surface area contributed by atoms with E-state index in [1.54, 1.807) is 0 Å². The van der Waals surface area contributed by atoms with Crippen molar-refractivity contribution in [3.63, 3.8) is 0 Å². The highest BCUT2D eigenvalue weighted by Crippen LogP contribution is 2.50. The summed E-state index contributed by atoms with van der Waals surface area (Å²) in [4.78, 5) is 12.6. The summed E-state index contributed by atoms with van der Waals surface area (Å²) in [6, 6.07) is 56.2. The third-order valence-corrected chi connectivity index (χ3v) is 12.9. The number of rotatable bonds is 5. The van der Waals surface area contributed by atoms with Gasteiger partial charge in [-0.2, -0.15) is 0 Å². The minimum absolute atomic E-state index is 0.266. The van der Waals surface area contributed by atoms with Crippen molar-refractivity contribution in [2.45, 2.75) is 18.1 Å². The number of nitrogens with one attached hydrogen (secondary N) is 1. The Morgan fingerprint density at radius 2 is 1.39 bits per heavy atom. The summed E-state index contributed by atoms with van der Waals surface area (Å²) in [6.45, 7) is 0. The second kappa shape index (κ2) is 12.8. The van der Waals surface area contributed by atoms with E-state index in [9.17, 15) is 0 Å². The molecule has 0 saturated carbocycles. The molecule has 0 amide bonds. The summed E-state index contributed by atoms with van der Waals surface area (Å²) in [5, 5.41) is 8.32. The predicted molar refractivity (Wildman–Crippen MR) is 237 cm³/mol. The van der Waals surface area contributed by atoms with Gasteiger partial charge in [0, 0.05) is 70.5 Å². The van der Waals surface area contributed by atoms with Crippen LogP contribution in [0, 0.1) is 0 Å². The van der Waals surface area contributed by atoms with Crippen molar-refractivity contribution in [1.82, 2.24) is 5.32 Å². The Kier molecular flexibility index (Phi) is 7.22. The molecule has 4 heterocycles. The molecule has 57 heavy (non-hydrogen) atoms. The van der Waals surface area contributed by atoms with E-state index in [1.165, 1.54) is 42.7 Å². The van der Waals surface area contributed by atoms with Gasteiger partial charge in [0.05, 0.1) is 6.04 Å². The van der Waals surface area contributed by atoms with Gasteiger partial charge in [-0.25, -0.2) is 9.98 Å². The van der Waals surface area contributed by atoms with E-state index in [-0.39, 0.29) is 12.2 Å². The van der Waals surface area contributed by atoms with E-state index in [0.717, 1.165) is 50.0 Å². The summed E-state index contributed by atoms with van der Waals surface area (Å²) in [6.07, 6.45) is 8.72. The van der Waals surface area contributed by atoms with Gasteiger partial charge in [0.1, 0.15) is 23.2 Å². The average molecular weight is 751 g/mol. The molecule has 0 fully saturated rings. The highest BCUT2D eigenvalue weighted by molar-refractivity contribution is 7.26. The van der Waals surface area contributed by atoms with Crippen molar-refractivity contribution >= 4 is 76.5 Å². The van der Waals surface area contributed by atoms with Crippen molar-refractivity contribution < 1.29 is 4.42 Å². The molecular weight excluding hydrogens is 717 g/mol. The first-order valence-corrected chi connectivity index (χ1v) is 20.2. The Hall–Kier alpha value is -7.02. The number of benzene rings is 7. The monoisotopic (exact) mass is 750 g/mol. The molecule has 2 aliphatic heterocycles. The SMILES string of the molecule is C1=CC2c3ccccc3N(c3ccc4sc5c(-c6cccc7c6oc6ccc(C8N=C(c9ccccc9)N=C(c9ccccc9)N8)cc67)cccc5c4c3)C2C=C1. The lowest BCUT2D eigenvalue weighted by Crippen LogP contribution is -2.33. The molecule has 0 saturated heterocycles. The second-order valence-corrected chi connectivity index (χ2v) is 16.0. The molecule has 3 atom stereocenters. The van der Waals surface area contributed by atoms with Crippen LogP contribution in [0.3, 0.4) is 0 Å². The Morgan fingerprint density at radius 3 is 2.26 bits per heavy atom. The number of anilines is 2. The first-order valence-electron chi connectivity index (χ1n) is 19.4. The largest absolute Gasteiger partial charge is 0.455 e. The van der Waals surface area contributed by atoms with Crippen molar-refractivity contribution in [1.29, 1.82) is 0 Å². The second-order valence-electron chi connectivity index (χ2n) is 14.9. The molecule has 3 unspecified atom stereocenters. The van der Waals surface area contributed by atoms with E-state index in [2.05, 4.69) is 156 Å². The molecule has 6 heteroatoms. The van der Waals surface area contributed by atoms with Gasteiger partial charge in [-0.1, -0.05) is 146 Å². The lowest BCUT2D eigenvalue weighted by Gasteiger charge is -2.28. The number of aliphatic imine (C=N–C) groups is 2. The van der Waals surface area contributed by atoms with Crippen LogP contribution in [0.4, 0.5) is 11.4 Å². The number of hydrogen-bond donors (Lipinski definition) is 1. The summed E-state index contributed by atoms with van der Waals surface area (Å²) in [5.41, 5.74) is 11.0. The number of thiophene rings is 1. The van der Waals surface area contributed by atoms with Crippen LogP contribution in [0.5, 0.6) is 0 Å². The number of furan rings is 1. The summed E-state index contributed by atoms with van der Waals surface area (Å²) < 4.78 is 9.30. The number of nitrogens with zero attached hydrogens (tertiary/aromatic N) is 3. The molecule has 1 aliphatic carbocycles. The number of hydrogen-bond acceptors (Lipinski definition) is 6. The summed E-state index contributed by atoms with van der Waals surface area (Å²) in [7, 11) is 0. The number of fused-ring (bicyclic) bond motifs is 9. The fourth-order valence-corrected chi connectivity index (χ4v) is 10.2. The van der Waals surface area contributed by atoms with E-state index >= 15 is 0 Å². The molecule has 12 rings (SSSR count). The lowest BCUT2D eigenvalue weighted by atomic mass is 9.91. The van der Waals surface area contributed by atoms with Gasteiger partial charge in [-0.3, -0.25) is 0 Å². The third kappa shape index (κ3) is 5.14. The Balaban J connectivity index is 0.950. The van der Waals surface area contributed by atoms with Crippen molar-refractivity contribution in [2.24, 2.45) is 9.98 Å². The van der Waals surface area contributed by atoms with Gasteiger partial charge in [-0.15, -0.1) is 11.3 Å². The van der Waals surface area contributed by atoms with Crippen molar-refractivity contribution in [2.75, 3.05) is 4.90 Å². The molecule has 0 bridgehead atoms. The quantitative estimate of drug-likeness (QED) is 0.191. The number of allylic oxidation sites excluding steroid dienone is 2. The van der Waals surface area contributed by atoms with Crippen LogP contribution in [0.1, 0.15) is 34.3 Å². The van der Waals surface area contributed by atoms with Gasteiger partial charge in [0.2, 0.25) is 0 Å². The highest BCUT2D eigenvalue weighted by Gasteiger charge is 2.37. The highest BCUT2D eigenvalue weighted by atomic mass is 32.1. The van der Waals surface area contributed by atoms with Crippen LogP contribution in [0.25, 0.3) is 53.2 Å². The molecule has 1 N–H and O–H groups in total. The Morgan fingerprint density at radius 1 is 0.614 bits per heavy atom. The fraction of sp³-hybridized carbons (Fsp3) is 0.0588. The van der Waals surface area contributed by atoms with Crippen LogP contribution >= 0.6 is 11.3 Å². The Labute approximate surface area is 333 Å². The smallest absolute Gasteiger partial charge is 0.159 e. The molecule has 0 spiro atoms. The summed E-state index contributed by atoms with van der Waals surface area (Å²) in [5.74, 6) is 1.86. The normalized spacial score (nSPS) is 18.5. The van der Waals surface area contributed by atoms with Crippen LogP contribution in [0.15, 0.2) is 196 Å². The van der Waals surface area contributed by atoms with E-state index in [1.807, 2.05) is 47.7 Å². The van der Waals surface area contributed by atoms with Crippen LogP contribution in [-0.2, 0) is 0 Å². The molecule has 2 aromatic heterocycles. The first-order chi connectivity index (χ1) is 28.2. The van der Waals surface area contributed by atoms with Crippen LogP contribution in [-0.4, -0.2) is 17.7 Å². The minimum atomic E-state index is -0.326. The molecule has 270 valence electrons. The number of amidine groups is 2. The van der Waals surface area contributed by atoms with Crippen LogP contribution < -0.4 is 10.2 Å². The maximum atomic E-state index is 6.76. The molecule has 7 aromatic carbocycles. The zero-order chi connectivity index (χ0) is 37.5. The zero-order valence-corrected chi connectivity index (χ0v) is 31.5. The van der Waals surface area contributed by atoms with E-state index in [0.29, 0.717) is 11.8 Å². The van der Waals surface area contributed by atoms with Gasteiger partial charge in [-0.05, 0) is 47.5 Å². The van der Waals surface area contributed by atoms with E-state index in [4.69, 9.17) is 14.4 Å². The van der Waals surface area contributed by atoms with Crippen molar-refractivity contribution in [3.8, 4) is 11.1 Å².